The number of ether oxygens (including phenoxy) is 1. The molecule has 2 amide bonds. The standard InChI is InChI=1S/C24H31N5O3/c1-17-8-10-28(11-9-17)16-23(30)29-12-13-32-22(15-29)20-5-3-4-19(27-20)18-6-7-21(26-14-18)24(31)25-2/h3-7,14,17,22H,8-13,15-16H2,1-2H3,(H,25,31). The molecule has 2 aliphatic heterocycles. The van der Waals surface area contributed by atoms with Crippen LogP contribution in [0.15, 0.2) is 36.5 Å². The number of pyridine rings is 2. The first-order valence-electron chi connectivity index (χ1n) is 11.3. The predicted molar refractivity (Wildman–Crippen MR) is 121 cm³/mol. The Kier molecular flexibility index (Phi) is 7.12. The summed E-state index contributed by atoms with van der Waals surface area (Å²) in [4.78, 5) is 37.8. The van der Waals surface area contributed by atoms with Crippen molar-refractivity contribution in [3.05, 3.63) is 47.9 Å². The maximum Gasteiger partial charge on any atom is 0.269 e. The van der Waals surface area contributed by atoms with Crippen molar-refractivity contribution in [3.63, 3.8) is 0 Å². The number of carbonyl (C=O) groups is 2. The highest BCUT2D eigenvalue weighted by atomic mass is 16.5. The fraction of sp³-hybridized carbons (Fsp3) is 0.500. The van der Waals surface area contributed by atoms with Crippen molar-refractivity contribution in [1.29, 1.82) is 0 Å². The molecule has 1 unspecified atom stereocenters. The van der Waals surface area contributed by atoms with Gasteiger partial charge >= 0.3 is 0 Å². The van der Waals surface area contributed by atoms with Crippen LogP contribution in [0.3, 0.4) is 0 Å². The summed E-state index contributed by atoms with van der Waals surface area (Å²) in [5.41, 5.74) is 2.73. The van der Waals surface area contributed by atoms with Gasteiger partial charge in [-0.15, -0.1) is 0 Å². The molecule has 4 rings (SSSR count). The molecule has 2 fully saturated rings. The van der Waals surface area contributed by atoms with E-state index in [1.807, 2.05) is 29.2 Å². The fourth-order valence-electron chi connectivity index (χ4n) is 4.17. The monoisotopic (exact) mass is 437 g/mol. The number of morpholine rings is 1. The molecular formula is C24H31N5O3. The van der Waals surface area contributed by atoms with Crippen LogP contribution in [0.5, 0.6) is 0 Å². The maximum atomic E-state index is 12.9. The molecule has 2 aromatic rings. The number of nitrogens with zero attached hydrogens (tertiary/aromatic N) is 4. The molecule has 1 N–H and O–H groups in total. The predicted octanol–water partition coefficient (Wildman–Crippen LogP) is 2.13. The van der Waals surface area contributed by atoms with Gasteiger partial charge in [0.15, 0.2) is 0 Å². The molecule has 0 bridgehead atoms. The van der Waals surface area contributed by atoms with Gasteiger partial charge in [0.1, 0.15) is 11.8 Å². The van der Waals surface area contributed by atoms with Crippen LogP contribution in [-0.2, 0) is 9.53 Å². The van der Waals surface area contributed by atoms with E-state index in [1.165, 1.54) is 0 Å². The Morgan fingerprint density at radius 2 is 1.97 bits per heavy atom. The molecule has 8 nitrogen and oxygen atoms in total. The molecule has 2 aliphatic rings. The first kappa shape index (κ1) is 22.4. The second-order valence-corrected chi connectivity index (χ2v) is 8.62. The molecule has 0 spiro atoms. The molecule has 2 aromatic heterocycles. The van der Waals surface area contributed by atoms with Gasteiger partial charge in [-0.1, -0.05) is 13.0 Å². The summed E-state index contributed by atoms with van der Waals surface area (Å²) >= 11 is 0. The molecule has 0 aromatic carbocycles. The second-order valence-electron chi connectivity index (χ2n) is 8.62. The Hall–Kier alpha value is -2.84. The number of hydrogen-bond donors (Lipinski definition) is 1. The van der Waals surface area contributed by atoms with Crippen molar-refractivity contribution < 1.29 is 14.3 Å². The van der Waals surface area contributed by atoms with Gasteiger partial charge in [-0.3, -0.25) is 19.5 Å². The Morgan fingerprint density at radius 1 is 1.16 bits per heavy atom. The average Bonchev–Trinajstić information content (AvgIpc) is 2.85. The van der Waals surface area contributed by atoms with Gasteiger partial charge < -0.3 is 15.0 Å². The average molecular weight is 438 g/mol. The highest BCUT2D eigenvalue weighted by molar-refractivity contribution is 5.92. The zero-order valence-electron chi connectivity index (χ0n) is 18.8. The van der Waals surface area contributed by atoms with E-state index in [0.717, 1.165) is 48.8 Å². The molecule has 170 valence electrons. The molecule has 32 heavy (non-hydrogen) atoms. The number of carbonyl (C=O) groups excluding carboxylic acids is 2. The Balaban J connectivity index is 1.41. The van der Waals surface area contributed by atoms with Crippen LogP contribution in [0.2, 0.25) is 0 Å². The SMILES string of the molecule is CNC(=O)c1ccc(-c2cccc(C3CN(C(=O)CN4CCC(C)CC4)CCO3)n2)cn1. The summed E-state index contributed by atoms with van der Waals surface area (Å²) in [5.74, 6) is 0.693. The lowest BCUT2D eigenvalue weighted by Crippen LogP contribution is -2.48. The lowest BCUT2D eigenvalue weighted by molar-refractivity contribution is -0.140. The minimum absolute atomic E-state index is 0.165. The van der Waals surface area contributed by atoms with Crippen molar-refractivity contribution in [2.24, 2.45) is 5.92 Å². The van der Waals surface area contributed by atoms with E-state index in [-0.39, 0.29) is 17.9 Å². The summed E-state index contributed by atoms with van der Waals surface area (Å²) in [6.07, 6.45) is 3.71. The van der Waals surface area contributed by atoms with E-state index in [4.69, 9.17) is 9.72 Å². The number of nitrogens with one attached hydrogen (secondary N) is 1. The first-order chi connectivity index (χ1) is 15.5. The van der Waals surface area contributed by atoms with Crippen LogP contribution >= 0.6 is 0 Å². The summed E-state index contributed by atoms with van der Waals surface area (Å²) in [5, 5.41) is 2.56. The number of likely N-dealkylation sites (tertiary alicyclic amines) is 1. The lowest BCUT2D eigenvalue weighted by Gasteiger charge is -2.35. The van der Waals surface area contributed by atoms with E-state index >= 15 is 0 Å². The smallest absolute Gasteiger partial charge is 0.269 e. The van der Waals surface area contributed by atoms with Gasteiger partial charge in [0.25, 0.3) is 5.91 Å². The molecule has 4 heterocycles. The van der Waals surface area contributed by atoms with Crippen LogP contribution in [-0.4, -0.2) is 78.0 Å². The van der Waals surface area contributed by atoms with Crippen LogP contribution in [0.1, 0.15) is 42.1 Å². The highest BCUT2D eigenvalue weighted by Crippen LogP contribution is 2.24. The zero-order valence-corrected chi connectivity index (χ0v) is 18.8. The van der Waals surface area contributed by atoms with Gasteiger partial charge in [-0.05, 0) is 56.1 Å². The van der Waals surface area contributed by atoms with Gasteiger partial charge in [0, 0.05) is 25.4 Å². The molecular weight excluding hydrogens is 406 g/mol. The van der Waals surface area contributed by atoms with Gasteiger partial charge in [-0.2, -0.15) is 0 Å². The minimum atomic E-state index is -0.257. The van der Waals surface area contributed by atoms with E-state index in [9.17, 15) is 9.59 Å². The molecule has 0 radical (unpaired) electrons. The summed E-state index contributed by atoms with van der Waals surface area (Å²) < 4.78 is 5.97. The van der Waals surface area contributed by atoms with E-state index < -0.39 is 0 Å². The Morgan fingerprint density at radius 3 is 2.69 bits per heavy atom. The Bertz CT molecular complexity index is 941. The Labute approximate surface area is 189 Å². The second kappa shape index (κ2) is 10.2. The first-order valence-corrected chi connectivity index (χ1v) is 11.3. The number of rotatable bonds is 5. The summed E-state index contributed by atoms with van der Waals surface area (Å²) in [7, 11) is 1.58. The summed E-state index contributed by atoms with van der Waals surface area (Å²) in [6.45, 7) is 6.38. The molecule has 2 saturated heterocycles. The molecule has 0 aliphatic carbocycles. The van der Waals surface area contributed by atoms with Crippen LogP contribution in [0, 0.1) is 5.92 Å². The lowest BCUT2D eigenvalue weighted by atomic mass is 9.99. The van der Waals surface area contributed by atoms with Gasteiger partial charge in [-0.25, -0.2) is 4.98 Å². The molecule has 8 heteroatoms. The van der Waals surface area contributed by atoms with Crippen molar-refractivity contribution in [2.45, 2.75) is 25.9 Å². The quantitative estimate of drug-likeness (QED) is 0.771. The zero-order chi connectivity index (χ0) is 22.5. The van der Waals surface area contributed by atoms with Crippen molar-refractivity contribution in [3.8, 4) is 11.3 Å². The minimum Gasteiger partial charge on any atom is -0.368 e. The van der Waals surface area contributed by atoms with Crippen molar-refractivity contribution >= 4 is 11.8 Å². The third-order valence-corrected chi connectivity index (χ3v) is 6.27. The van der Waals surface area contributed by atoms with E-state index in [2.05, 4.69) is 22.1 Å². The van der Waals surface area contributed by atoms with Crippen LogP contribution in [0.4, 0.5) is 0 Å². The molecule has 1 atom stereocenters. The summed E-state index contributed by atoms with van der Waals surface area (Å²) in [6, 6.07) is 9.29. The van der Waals surface area contributed by atoms with Crippen molar-refractivity contribution in [2.75, 3.05) is 46.4 Å². The third-order valence-electron chi connectivity index (χ3n) is 6.27. The number of aromatic nitrogens is 2. The maximum absolute atomic E-state index is 12.9. The van der Waals surface area contributed by atoms with Crippen LogP contribution < -0.4 is 5.32 Å². The normalized spacial score (nSPS) is 20.2. The highest BCUT2D eigenvalue weighted by Gasteiger charge is 2.28. The van der Waals surface area contributed by atoms with E-state index in [1.54, 1.807) is 19.3 Å². The largest absolute Gasteiger partial charge is 0.368 e. The van der Waals surface area contributed by atoms with E-state index in [0.29, 0.717) is 31.9 Å². The topological polar surface area (TPSA) is 87.7 Å². The molecule has 0 saturated carbocycles. The fourth-order valence-corrected chi connectivity index (χ4v) is 4.17. The number of hydrogen-bond acceptors (Lipinski definition) is 6. The van der Waals surface area contributed by atoms with Crippen LogP contribution in [0.25, 0.3) is 11.3 Å². The van der Waals surface area contributed by atoms with Crippen molar-refractivity contribution in [1.82, 2.24) is 25.1 Å². The van der Waals surface area contributed by atoms with Gasteiger partial charge in [0.05, 0.1) is 31.1 Å². The number of amides is 2. The number of piperidine rings is 1. The van der Waals surface area contributed by atoms with Gasteiger partial charge in [0.2, 0.25) is 5.91 Å². The third kappa shape index (κ3) is 5.31.